The molecule has 2 N–H and O–H groups in total. The fraction of sp³-hybridized carbons (Fsp3) is 0.347. The topological polar surface area (TPSA) is 173 Å². The Bertz CT molecular complexity index is 2690. The Hall–Kier alpha value is -5.98. The lowest BCUT2D eigenvalue weighted by Crippen LogP contribution is -2.49. The first kappa shape index (κ1) is 48.9. The minimum atomic E-state index is -0.739. The lowest BCUT2D eigenvalue weighted by molar-refractivity contribution is -0.148. The van der Waals surface area contributed by atoms with Gasteiger partial charge in [-0.2, -0.15) is 0 Å². The summed E-state index contributed by atoms with van der Waals surface area (Å²) in [4.78, 5) is 55.7. The van der Waals surface area contributed by atoms with Crippen LogP contribution in [-0.4, -0.2) is 103 Å². The van der Waals surface area contributed by atoms with Crippen LogP contribution in [0.3, 0.4) is 0 Å². The highest BCUT2D eigenvalue weighted by Crippen LogP contribution is 2.34. The lowest BCUT2D eigenvalue weighted by Gasteiger charge is -2.36. The van der Waals surface area contributed by atoms with E-state index in [1.54, 1.807) is 41.3 Å². The van der Waals surface area contributed by atoms with Crippen molar-refractivity contribution in [3.05, 3.63) is 130 Å². The van der Waals surface area contributed by atoms with Crippen molar-refractivity contribution in [1.29, 1.82) is 0 Å². The van der Waals surface area contributed by atoms with E-state index in [-0.39, 0.29) is 23.3 Å². The molecule has 2 fully saturated rings. The number of aromatic nitrogens is 4. The molecule has 2 saturated heterocycles. The molecule has 2 aliphatic heterocycles. The van der Waals surface area contributed by atoms with E-state index >= 15 is 0 Å². The summed E-state index contributed by atoms with van der Waals surface area (Å²) in [5.74, 6) is -3.15. The first-order chi connectivity index (χ1) is 32.3. The first-order valence-corrected chi connectivity index (χ1v) is 24.2. The average Bonchev–Trinajstić information content (AvgIpc) is 3.98. The van der Waals surface area contributed by atoms with Crippen molar-refractivity contribution >= 4 is 68.3 Å². The number of hydrogen-bond donors (Lipinski definition) is 2. The number of benzene rings is 4. The van der Waals surface area contributed by atoms with Crippen molar-refractivity contribution in [3.8, 4) is 21.1 Å². The fourth-order valence-electron chi connectivity index (χ4n) is 7.61. The zero-order valence-electron chi connectivity index (χ0n) is 37.5. The van der Waals surface area contributed by atoms with Crippen LogP contribution in [-0.2, 0) is 22.7 Å². The van der Waals surface area contributed by atoms with Crippen LogP contribution in [0.25, 0.3) is 21.1 Å². The molecule has 0 aliphatic carbocycles. The number of anilines is 2. The number of likely N-dealkylation sites (tertiary alicyclic amines) is 2. The Morgan fingerprint density at radius 1 is 0.672 bits per heavy atom. The molecule has 14 nitrogen and oxygen atoms in total. The predicted octanol–water partition coefficient (Wildman–Crippen LogP) is 9.44. The molecule has 0 atom stereocenters. The summed E-state index contributed by atoms with van der Waals surface area (Å²) in [5, 5.41) is 38.1. The molecule has 4 aromatic carbocycles. The van der Waals surface area contributed by atoms with Gasteiger partial charge in [0.25, 0.3) is 11.8 Å². The Kier molecular flexibility index (Phi) is 16.6. The Balaban J connectivity index is 0.000000199. The predicted molar refractivity (Wildman–Crippen MR) is 259 cm³/mol. The molecule has 2 amide bonds. The van der Waals surface area contributed by atoms with Gasteiger partial charge in [0, 0.05) is 63.5 Å². The van der Waals surface area contributed by atoms with Crippen molar-refractivity contribution < 1.29 is 33.8 Å². The summed E-state index contributed by atoms with van der Waals surface area (Å²) in [5.41, 5.74) is 5.63. The summed E-state index contributed by atoms with van der Waals surface area (Å²) in [6.45, 7) is 10.8. The second-order valence-electron chi connectivity index (χ2n) is 16.7. The Morgan fingerprint density at radius 3 is 1.69 bits per heavy atom. The molecule has 0 radical (unpaired) electrons. The van der Waals surface area contributed by atoms with Crippen LogP contribution in [0.2, 0.25) is 5.02 Å². The van der Waals surface area contributed by atoms with E-state index in [0.717, 1.165) is 65.1 Å². The van der Waals surface area contributed by atoms with Crippen LogP contribution in [0.1, 0.15) is 76.9 Å². The molecule has 2 aromatic heterocycles. The smallest absolute Gasteiger partial charge is 0.309 e. The molecule has 8 rings (SSSR count). The van der Waals surface area contributed by atoms with Crippen molar-refractivity contribution in [1.82, 2.24) is 30.2 Å². The van der Waals surface area contributed by atoms with Gasteiger partial charge in [-0.1, -0.05) is 122 Å². The number of halogens is 2. The quantitative estimate of drug-likeness (QED) is 0.0837. The number of aliphatic carboxylic acids is 2. The van der Waals surface area contributed by atoms with Gasteiger partial charge in [-0.25, -0.2) is 4.39 Å². The largest absolute Gasteiger partial charge is 0.481 e. The molecule has 0 spiro atoms. The number of amides is 2. The number of rotatable bonds is 18. The van der Waals surface area contributed by atoms with Crippen LogP contribution >= 0.6 is 34.3 Å². The third-order valence-electron chi connectivity index (χ3n) is 11.7. The normalized spacial score (nSPS) is 14.1. The number of carbonyl (C=O) groups excluding carboxylic acids is 2. The highest BCUT2D eigenvalue weighted by molar-refractivity contribution is 7.19. The molecule has 0 saturated carbocycles. The molecule has 67 heavy (non-hydrogen) atoms. The Morgan fingerprint density at radius 2 is 1.16 bits per heavy atom. The van der Waals surface area contributed by atoms with E-state index in [4.69, 9.17) is 21.8 Å². The van der Waals surface area contributed by atoms with Crippen molar-refractivity contribution in [3.63, 3.8) is 0 Å². The SMILES string of the molecule is CCCCN(C(=O)c1ccccc1Cl)c1nnc(-c2ccc(CN3CC(C(=O)O)C3)cc2)s1.CCCCN(C(=O)c1ccccc1F)c1nnc(-c2ccc(CN3CC(C(=O)O)C3)c(C)c2)s1. The summed E-state index contributed by atoms with van der Waals surface area (Å²) >= 11 is 8.94. The standard InChI is InChI=1S/C25H27FN4O3S.C24H25ClN4O3S/c1-3-4-11-30(23(31)20-7-5-6-8-21(20)26)25-28-27-22(34-25)17-9-10-18(16(2)12-17)13-29-14-19(15-29)24(32)33;1-2-3-12-29(22(30)19-6-4-5-7-20(19)25)24-27-26-21(33-24)17-10-8-16(9-11-17)13-28-14-18(15-28)23(31)32/h5-10,12,19H,3-4,11,13-15H2,1-2H3,(H,32,33);4-11,18H,2-3,12-15H2,1H3,(H,31,32). The van der Waals surface area contributed by atoms with Crippen LogP contribution in [0.15, 0.2) is 91.0 Å². The van der Waals surface area contributed by atoms with E-state index < -0.39 is 23.7 Å². The van der Waals surface area contributed by atoms with E-state index in [1.807, 2.05) is 56.3 Å². The monoisotopic (exact) mass is 966 g/mol. The van der Waals surface area contributed by atoms with Gasteiger partial charge in [-0.15, -0.1) is 20.4 Å². The lowest BCUT2D eigenvalue weighted by atomic mass is 9.98. The van der Waals surface area contributed by atoms with Gasteiger partial charge in [0.15, 0.2) is 0 Å². The van der Waals surface area contributed by atoms with Crippen LogP contribution < -0.4 is 9.80 Å². The average molecular weight is 968 g/mol. The molecule has 18 heteroatoms. The second kappa shape index (κ2) is 22.7. The van der Waals surface area contributed by atoms with Crippen LogP contribution in [0.4, 0.5) is 14.7 Å². The number of aryl methyl sites for hydroxylation is 1. The van der Waals surface area contributed by atoms with E-state index in [2.05, 4.69) is 37.1 Å². The molecular weight excluding hydrogens is 915 g/mol. The van der Waals surface area contributed by atoms with Gasteiger partial charge < -0.3 is 10.2 Å². The van der Waals surface area contributed by atoms with Gasteiger partial charge in [0.05, 0.1) is 28.0 Å². The summed E-state index contributed by atoms with van der Waals surface area (Å²) < 4.78 is 14.3. The van der Waals surface area contributed by atoms with Gasteiger partial charge in [0.2, 0.25) is 10.3 Å². The number of hydrogen-bond acceptors (Lipinski definition) is 12. The maximum Gasteiger partial charge on any atom is 0.309 e. The zero-order chi connectivity index (χ0) is 47.6. The van der Waals surface area contributed by atoms with Gasteiger partial charge in [-0.3, -0.25) is 38.8 Å². The van der Waals surface area contributed by atoms with Crippen molar-refractivity contribution in [2.75, 3.05) is 49.1 Å². The summed E-state index contributed by atoms with van der Waals surface area (Å²) in [6, 6.07) is 27.0. The maximum absolute atomic E-state index is 14.3. The van der Waals surface area contributed by atoms with E-state index in [9.17, 15) is 23.6 Å². The second-order valence-corrected chi connectivity index (χ2v) is 19.0. The number of unbranched alkanes of at least 4 members (excludes halogenated alkanes) is 2. The fourth-order valence-corrected chi connectivity index (χ4v) is 9.57. The van der Waals surface area contributed by atoms with Gasteiger partial charge >= 0.3 is 11.9 Å². The minimum absolute atomic E-state index is 0.0201. The third kappa shape index (κ3) is 12.1. The Labute approximate surface area is 401 Å². The number of nitrogens with zero attached hydrogens (tertiary/aromatic N) is 8. The molecule has 6 aromatic rings. The molecule has 0 bridgehead atoms. The summed E-state index contributed by atoms with van der Waals surface area (Å²) in [6.07, 6.45) is 3.45. The molecule has 350 valence electrons. The van der Waals surface area contributed by atoms with E-state index in [0.29, 0.717) is 71.7 Å². The van der Waals surface area contributed by atoms with Crippen molar-refractivity contribution in [2.45, 2.75) is 59.5 Å². The van der Waals surface area contributed by atoms with Crippen LogP contribution in [0.5, 0.6) is 0 Å². The minimum Gasteiger partial charge on any atom is -0.481 e. The van der Waals surface area contributed by atoms with Gasteiger partial charge in [0.1, 0.15) is 15.8 Å². The number of carbonyl (C=O) groups is 4. The highest BCUT2D eigenvalue weighted by atomic mass is 35.5. The molecule has 0 unspecified atom stereocenters. The molecule has 2 aliphatic rings. The van der Waals surface area contributed by atoms with E-state index in [1.165, 1.54) is 39.7 Å². The molecular formula is C49H52ClFN8O6S2. The number of carboxylic acids is 2. The highest BCUT2D eigenvalue weighted by Gasteiger charge is 2.33. The summed E-state index contributed by atoms with van der Waals surface area (Å²) in [7, 11) is 0. The van der Waals surface area contributed by atoms with Gasteiger partial charge in [-0.05, 0) is 66.8 Å². The maximum atomic E-state index is 14.3. The third-order valence-corrected chi connectivity index (χ3v) is 14.0. The van der Waals surface area contributed by atoms with Crippen molar-refractivity contribution in [2.24, 2.45) is 11.8 Å². The molecule has 4 heterocycles. The first-order valence-electron chi connectivity index (χ1n) is 22.2. The number of carboxylic acid groups (broad SMARTS) is 2. The van der Waals surface area contributed by atoms with Crippen LogP contribution in [0, 0.1) is 24.6 Å². The zero-order valence-corrected chi connectivity index (χ0v) is 39.9.